The van der Waals surface area contributed by atoms with Gasteiger partial charge in [-0.05, 0) is 30.3 Å². The van der Waals surface area contributed by atoms with Gasteiger partial charge in [-0.3, -0.25) is 14.4 Å². The number of nitrogens with zero attached hydrogens (tertiary/aromatic N) is 2. The molecule has 2 heterocycles. The number of alkyl halides is 3. The third-order valence-corrected chi connectivity index (χ3v) is 5.25. The van der Waals surface area contributed by atoms with Crippen molar-refractivity contribution in [2.75, 3.05) is 31.6 Å². The number of rotatable bonds is 6. The summed E-state index contributed by atoms with van der Waals surface area (Å²) >= 11 is 0. The Hall–Kier alpha value is -3.86. The number of Topliss-reactive ketones (excluding diaryl/α,β-unsaturated/α-hetero) is 1. The summed E-state index contributed by atoms with van der Waals surface area (Å²) in [6.45, 7) is 1.89. The summed E-state index contributed by atoms with van der Waals surface area (Å²) < 4.78 is 47.5. The Balaban J connectivity index is 1.50. The van der Waals surface area contributed by atoms with Crippen molar-refractivity contribution in [1.82, 2.24) is 9.47 Å². The van der Waals surface area contributed by atoms with Gasteiger partial charge in [-0.25, -0.2) is 0 Å². The van der Waals surface area contributed by atoms with E-state index in [-0.39, 0.29) is 23.7 Å². The molecule has 2 aromatic carbocycles. The zero-order valence-electron chi connectivity index (χ0n) is 17.8. The number of hydrogen-bond acceptors (Lipinski definition) is 5. The first-order valence-electron chi connectivity index (χ1n) is 10.4. The van der Waals surface area contributed by atoms with E-state index in [2.05, 4.69) is 10.1 Å². The lowest BCUT2D eigenvalue weighted by atomic mass is 10.1. The van der Waals surface area contributed by atoms with Crippen molar-refractivity contribution < 1.29 is 37.0 Å². The predicted molar refractivity (Wildman–Crippen MR) is 115 cm³/mol. The monoisotopic (exact) mass is 475 g/mol. The highest BCUT2D eigenvalue weighted by Crippen LogP contribution is 2.25. The van der Waals surface area contributed by atoms with Gasteiger partial charge in [-0.15, -0.1) is 13.2 Å². The fraction of sp³-hybridized carbons (Fsp3) is 0.261. The van der Waals surface area contributed by atoms with Gasteiger partial charge in [0.25, 0.3) is 11.7 Å². The van der Waals surface area contributed by atoms with Crippen molar-refractivity contribution in [2.45, 2.75) is 12.9 Å². The van der Waals surface area contributed by atoms with Gasteiger partial charge < -0.3 is 24.3 Å². The number of hydrogen-bond donors (Lipinski definition) is 1. The van der Waals surface area contributed by atoms with Crippen LogP contribution in [0, 0.1) is 0 Å². The quantitative estimate of drug-likeness (QED) is 0.437. The highest BCUT2D eigenvalue weighted by molar-refractivity contribution is 6.48. The SMILES string of the molecule is O=C(Nc1ccc(OC(F)(F)F)cc1)C(=O)c1cn(CC(=O)N2CCOCC2)c2ccccc12. The molecule has 3 aromatic rings. The van der Waals surface area contributed by atoms with Crippen molar-refractivity contribution in [1.29, 1.82) is 0 Å². The number of ether oxygens (including phenoxy) is 2. The zero-order chi connectivity index (χ0) is 24.3. The van der Waals surface area contributed by atoms with Crippen molar-refractivity contribution in [3.05, 3.63) is 60.3 Å². The van der Waals surface area contributed by atoms with E-state index in [1.807, 2.05) is 0 Å². The van der Waals surface area contributed by atoms with E-state index in [0.29, 0.717) is 37.2 Å². The average molecular weight is 475 g/mol. The van der Waals surface area contributed by atoms with Crippen LogP contribution in [0.4, 0.5) is 18.9 Å². The Morgan fingerprint density at radius 3 is 2.35 bits per heavy atom. The van der Waals surface area contributed by atoms with E-state index in [4.69, 9.17) is 4.74 Å². The van der Waals surface area contributed by atoms with Crippen LogP contribution in [0.15, 0.2) is 54.7 Å². The molecule has 0 unspecified atom stereocenters. The molecule has 1 fully saturated rings. The lowest BCUT2D eigenvalue weighted by Crippen LogP contribution is -2.42. The average Bonchev–Trinajstić information content (AvgIpc) is 3.18. The molecule has 11 heteroatoms. The first kappa shape index (κ1) is 23.3. The Kier molecular flexibility index (Phi) is 6.55. The van der Waals surface area contributed by atoms with Crippen LogP contribution in [0.1, 0.15) is 10.4 Å². The van der Waals surface area contributed by atoms with Crippen molar-refractivity contribution in [3.63, 3.8) is 0 Å². The Morgan fingerprint density at radius 1 is 1.00 bits per heavy atom. The molecule has 34 heavy (non-hydrogen) atoms. The lowest BCUT2D eigenvalue weighted by Gasteiger charge is -2.27. The van der Waals surface area contributed by atoms with Crippen LogP contribution in [-0.4, -0.2) is 59.7 Å². The fourth-order valence-electron chi connectivity index (χ4n) is 3.67. The summed E-state index contributed by atoms with van der Waals surface area (Å²) in [6, 6.07) is 11.3. The number of fused-ring (bicyclic) bond motifs is 1. The topological polar surface area (TPSA) is 89.9 Å². The van der Waals surface area contributed by atoms with Crippen LogP contribution in [0.3, 0.4) is 0 Å². The molecule has 4 rings (SSSR count). The Morgan fingerprint density at radius 2 is 1.68 bits per heavy atom. The van der Waals surface area contributed by atoms with E-state index in [9.17, 15) is 27.6 Å². The third kappa shape index (κ3) is 5.37. The molecule has 2 amide bonds. The van der Waals surface area contributed by atoms with Crippen molar-refractivity contribution in [2.24, 2.45) is 0 Å². The minimum atomic E-state index is -4.84. The van der Waals surface area contributed by atoms with Gasteiger partial charge in [0.2, 0.25) is 5.91 Å². The second-order valence-electron chi connectivity index (χ2n) is 7.54. The number of aromatic nitrogens is 1. The molecule has 1 aliphatic rings. The molecule has 1 N–H and O–H groups in total. The molecular weight excluding hydrogens is 455 g/mol. The van der Waals surface area contributed by atoms with Crippen LogP contribution in [0.5, 0.6) is 5.75 Å². The normalized spacial score (nSPS) is 14.1. The van der Waals surface area contributed by atoms with Gasteiger partial charge >= 0.3 is 6.36 Å². The molecule has 8 nitrogen and oxygen atoms in total. The molecule has 0 radical (unpaired) electrons. The Labute approximate surface area is 191 Å². The van der Waals surface area contributed by atoms with Crippen LogP contribution >= 0.6 is 0 Å². The largest absolute Gasteiger partial charge is 0.573 e. The molecule has 0 aliphatic carbocycles. The number of ketones is 1. The standard InChI is InChI=1S/C23H20F3N3O5/c24-23(25,26)34-16-7-5-15(6-8-16)27-22(32)21(31)18-13-29(19-4-2-1-3-17(18)19)14-20(30)28-9-11-33-12-10-28/h1-8,13H,9-12,14H2,(H,27,32). The van der Waals surface area contributed by atoms with E-state index in [1.165, 1.54) is 18.3 Å². The maximum atomic E-state index is 12.9. The number of para-hydroxylation sites is 1. The first-order chi connectivity index (χ1) is 16.2. The molecular formula is C23H20F3N3O5. The fourth-order valence-corrected chi connectivity index (χ4v) is 3.67. The number of nitrogens with one attached hydrogen (secondary N) is 1. The van der Waals surface area contributed by atoms with Crippen molar-refractivity contribution in [3.8, 4) is 5.75 Å². The molecule has 0 spiro atoms. The van der Waals surface area contributed by atoms with Gasteiger partial charge in [-0.2, -0.15) is 0 Å². The molecule has 178 valence electrons. The summed E-state index contributed by atoms with van der Waals surface area (Å²) in [5.41, 5.74) is 0.855. The number of carbonyl (C=O) groups is 3. The molecule has 0 bridgehead atoms. The summed E-state index contributed by atoms with van der Waals surface area (Å²) in [5.74, 6) is -2.39. The van der Waals surface area contributed by atoms with Crippen LogP contribution in [-0.2, 0) is 20.9 Å². The lowest BCUT2D eigenvalue weighted by molar-refractivity contribution is -0.274. The highest BCUT2D eigenvalue weighted by Gasteiger charge is 2.31. The number of halogens is 3. The maximum Gasteiger partial charge on any atom is 0.573 e. The molecule has 1 saturated heterocycles. The van der Waals surface area contributed by atoms with E-state index < -0.39 is 23.8 Å². The highest BCUT2D eigenvalue weighted by atomic mass is 19.4. The number of anilines is 1. The van der Waals surface area contributed by atoms with E-state index >= 15 is 0 Å². The second-order valence-corrected chi connectivity index (χ2v) is 7.54. The third-order valence-electron chi connectivity index (χ3n) is 5.25. The molecule has 1 aromatic heterocycles. The van der Waals surface area contributed by atoms with Gasteiger partial charge in [0, 0.05) is 35.9 Å². The van der Waals surface area contributed by atoms with Crippen LogP contribution in [0.2, 0.25) is 0 Å². The van der Waals surface area contributed by atoms with Gasteiger partial charge in [0.05, 0.1) is 18.8 Å². The van der Waals surface area contributed by atoms with Crippen LogP contribution < -0.4 is 10.1 Å². The second kappa shape index (κ2) is 9.56. The number of amides is 2. The number of carbonyl (C=O) groups excluding carboxylic acids is 3. The predicted octanol–water partition coefficient (Wildman–Crippen LogP) is 3.22. The summed E-state index contributed by atoms with van der Waals surface area (Å²) in [7, 11) is 0. The molecule has 0 atom stereocenters. The van der Waals surface area contributed by atoms with E-state index in [1.54, 1.807) is 33.7 Å². The Bertz CT molecular complexity index is 1210. The van der Waals surface area contributed by atoms with Crippen LogP contribution in [0.25, 0.3) is 10.9 Å². The number of morpholine rings is 1. The van der Waals surface area contributed by atoms with Gasteiger partial charge in [0.15, 0.2) is 0 Å². The van der Waals surface area contributed by atoms with Gasteiger partial charge in [0.1, 0.15) is 12.3 Å². The van der Waals surface area contributed by atoms with Crippen molar-refractivity contribution >= 4 is 34.2 Å². The first-order valence-corrected chi connectivity index (χ1v) is 10.4. The summed E-state index contributed by atoms with van der Waals surface area (Å²) in [6.07, 6.45) is -3.37. The number of benzene rings is 2. The van der Waals surface area contributed by atoms with Gasteiger partial charge in [-0.1, -0.05) is 18.2 Å². The molecule has 0 saturated carbocycles. The maximum absolute atomic E-state index is 12.9. The summed E-state index contributed by atoms with van der Waals surface area (Å²) in [5, 5.41) is 2.88. The minimum Gasteiger partial charge on any atom is -0.406 e. The minimum absolute atomic E-state index is 0.00389. The summed E-state index contributed by atoms with van der Waals surface area (Å²) in [4.78, 5) is 39.9. The van der Waals surface area contributed by atoms with E-state index in [0.717, 1.165) is 12.1 Å². The smallest absolute Gasteiger partial charge is 0.406 e. The molecule has 1 aliphatic heterocycles. The zero-order valence-corrected chi connectivity index (χ0v) is 17.8.